The van der Waals surface area contributed by atoms with E-state index in [-0.39, 0.29) is 17.3 Å². The molecule has 4 heteroatoms. The van der Waals surface area contributed by atoms with E-state index in [1.165, 1.54) is 23.8 Å². The van der Waals surface area contributed by atoms with Gasteiger partial charge in [0, 0.05) is 31.2 Å². The van der Waals surface area contributed by atoms with E-state index in [1.807, 2.05) is 6.07 Å². The van der Waals surface area contributed by atoms with Crippen LogP contribution < -0.4 is 5.32 Å². The molecule has 2 aromatic carbocycles. The van der Waals surface area contributed by atoms with Crippen molar-refractivity contribution in [1.82, 2.24) is 10.2 Å². The maximum atomic E-state index is 13.2. The van der Waals surface area contributed by atoms with E-state index in [2.05, 4.69) is 34.5 Å². The minimum absolute atomic E-state index is 0.100. The van der Waals surface area contributed by atoms with Crippen molar-refractivity contribution in [2.45, 2.75) is 24.9 Å². The number of hydrogen-bond acceptors (Lipinski definition) is 2. The van der Waals surface area contributed by atoms with Crippen molar-refractivity contribution in [2.75, 3.05) is 13.1 Å². The number of carbonyl (C=O) groups excluding carboxylic acids is 1. The molecule has 0 atom stereocenters. The molecule has 1 saturated carbocycles. The van der Waals surface area contributed by atoms with Gasteiger partial charge >= 0.3 is 0 Å². The Morgan fingerprint density at radius 1 is 1.19 bits per heavy atom. The van der Waals surface area contributed by atoms with Crippen LogP contribution in [0.5, 0.6) is 0 Å². The minimum Gasteiger partial charge on any atom is -0.351 e. The van der Waals surface area contributed by atoms with Gasteiger partial charge in [0.2, 0.25) is 5.91 Å². The number of amides is 1. The van der Waals surface area contributed by atoms with Crippen molar-refractivity contribution in [3.05, 3.63) is 77.6 Å². The Balaban J connectivity index is 1.34. The molecular weight excluding hydrogens is 327 g/mol. The standard InChI is InChI=1S/C22H23FN2O/c23-20-8-4-7-17(11-20)9-10-21(26)24-16-22-12-19(13-22)15-25(22)14-18-5-2-1-3-6-18/h1-11,19H,12-16H2,(H,24,26)/b10-9+. The SMILES string of the molecule is O=C(/C=C/c1cccc(F)c1)NCC12CC(CN1Cc1ccccc1)C2. The summed E-state index contributed by atoms with van der Waals surface area (Å²) in [6.07, 6.45) is 5.45. The van der Waals surface area contributed by atoms with Gasteiger partial charge in [-0.2, -0.15) is 0 Å². The van der Waals surface area contributed by atoms with E-state index in [1.54, 1.807) is 18.2 Å². The van der Waals surface area contributed by atoms with E-state index in [4.69, 9.17) is 0 Å². The molecule has 0 aromatic heterocycles. The summed E-state index contributed by atoms with van der Waals surface area (Å²) < 4.78 is 13.2. The third kappa shape index (κ3) is 3.56. The van der Waals surface area contributed by atoms with Crippen LogP contribution in [0.4, 0.5) is 4.39 Å². The lowest BCUT2D eigenvalue weighted by molar-refractivity contribution is -0.117. The Hall–Kier alpha value is -2.46. The van der Waals surface area contributed by atoms with Gasteiger partial charge in [-0.05, 0) is 48.1 Å². The molecule has 0 unspecified atom stereocenters. The highest BCUT2D eigenvalue weighted by Crippen LogP contribution is 2.50. The summed E-state index contributed by atoms with van der Waals surface area (Å²) in [5, 5.41) is 3.04. The highest BCUT2D eigenvalue weighted by Gasteiger charge is 2.55. The lowest BCUT2D eigenvalue weighted by Crippen LogP contribution is -2.53. The normalized spacial score (nSPS) is 24.6. The van der Waals surface area contributed by atoms with Crippen molar-refractivity contribution in [2.24, 2.45) is 5.92 Å². The van der Waals surface area contributed by atoms with Crippen molar-refractivity contribution < 1.29 is 9.18 Å². The first kappa shape index (κ1) is 17.0. The quantitative estimate of drug-likeness (QED) is 0.807. The third-order valence-electron chi connectivity index (χ3n) is 5.57. The van der Waals surface area contributed by atoms with Gasteiger partial charge in [0.05, 0.1) is 0 Å². The fourth-order valence-corrected chi connectivity index (χ4v) is 4.29. The van der Waals surface area contributed by atoms with Gasteiger partial charge in [0.15, 0.2) is 0 Å². The molecule has 2 bridgehead atoms. The number of nitrogens with one attached hydrogen (secondary N) is 1. The molecule has 2 heterocycles. The van der Waals surface area contributed by atoms with Gasteiger partial charge in [0.1, 0.15) is 5.82 Å². The van der Waals surface area contributed by atoms with E-state index in [0.29, 0.717) is 12.1 Å². The second-order valence-electron chi connectivity index (χ2n) is 7.47. The molecule has 0 spiro atoms. The number of benzene rings is 2. The zero-order valence-electron chi connectivity index (χ0n) is 14.7. The molecule has 3 nitrogen and oxygen atoms in total. The van der Waals surface area contributed by atoms with Crippen LogP contribution in [-0.2, 0) is 11.3 Å². The number of carbonyl (C=O) groups is 1. The van der Waals surface area contributed by atoms with Gasteiger partial charge in [-0.25, -0.2) is 4.39 Å². The van der Waals surface area contributed by atoms with Gasteiger partial charge in [-0.15, -0.1) is 0 Å². The van der Waals surface area contributed by atoms with Crippen molar-refractivity contribution in [3.8, 4) is 0 Å². The molecule has 1 N–H and O–H groups in total. The van der Waals surface area contributed by atoms with Gasteiger partial charge in [-0.3, -0.25) is 9.69 Å². The number of nitrogens with zero attached hydrogens (tertiary/aromatic N) is 1. The van der Waals surface area contributed by atoms with E-state index >= 15 is 0 Å². The van der Waals surface area contributed by atoms with Gasteiger partial charge < -0.3 is 5.32 Å². The maximum absolute atomic E-state index is 13.2. The predicted octanol–water partition coefficient (Wildman–Crippen LogP) is 3.62. The number of fused-ring (bicyclic) bond motifs is 1. The predicted molar refractivity (Wildman–Crippen MR) is 101 cm³/mol. The summed E-state index contributed by atoms with van der Waals surface area (Å²) in [6.45, 7) is 2.72. The Kier molecular flexibility index (Phi) is 4.60. The monoisotopic (exact) mass is 350 g/mol. The second-order valence-corrected chi connectivity index (χ2v) is 7.47. The molecule has 2 aliphatic heterocycles. The zero-order chi connectivity index (χ0) is 18.0. The number of halogens is 1. The Morgan fingerprint density at radius 3 is 2.77 bits per heavy atom. The van der Waals surface area contributed by atoms with E-state index in [0.717, 1.165) is 31.8 Å². The topological polar surface area (TPSA) is 32.3 Å². The molecule has 1 amide bonds. The van der Waals surface area contributed by atoms with Crippen LogP contribution in [0.3, 0.4) is 0 Å². The van der Waals surface area contributed by atoms with Crippen LogP contribution in [0, 0.1) is 11.7 Å². The summed E-state index contributed by atoms with van der Waals surface area (Å²) in [7, 11) is 0. The Bertz CT molecular complexity index is 812. The first-order chi connectivity index (χ1) is 12.6. The fourth-order valence-electron chi connectivity index (χ4n) is 4.29. The summed E-state index contributed by atoms with van der Waals surface area (Å²) >= 11 is 0. The highest BCUT2D eigenvalue weighted by atomic mass is 19.1. The van der Waals surface area contributed by atoms with E-state index in [9.17, 15) is 9.18 Å². The van der Waals surface area contributed by atoms with Gasteiger partial charge in [0.25, 0.3) is 0 Å². The zero-order valence-corrected chi connectivity index (χ0v) is 14.7. The summed E-state index contributed by atoms with van der Waals surface area (Å²) in [5.74, 6) is 0.339. The first-order valence-electron chi connectivity index (χ1n) is 9.13. The second kappa shape index (κ2) is 7.04. The van der Waals surface area contributed by atoms with Crippen LogP contribution in [0.15, 0.2) is 60.7 Å². The van der Waals surface area contributed by atoms with Crippen molar-refractivity contribution in [1.29, 1.82) is 0 Å². The van der Waals surface area contributed by atoms with Crippen LogP contribution >= 0.6 is 0 Å². The van der Waals surface area contributed by atoms with Crippen molar-refractivity contribution >= 4 is 12.0 Å². The molecule has 2 saturated heterocycles. The minimum atomic E-state index is -0.297. The molecule has 26 heavy (non-hydrogen) atoms. The first-order valence-corrected chi connectivity index (χ1v) is 9.13. The molecule has 1 aliphatic carbocycles. The summed E-state index contributed by atoms with van der Waals surface area (Å²) in [5.41, 5.74) is 2.11. The average molecular weight is 350 g/mol. The van der Waals surface area contributed by atoms with E-state index < -0.39 is 0 Å². The highest BCUT2D eigenvalue weighted by molar-refractivity contribution is 5.91. The fraction of sp³-hybridized carbons (Fsp3) is 0.318. The van der Waals surface area contributed by atoms with Crippen LogP contribution in [0.2, 0.25) is 0 Å². The van der Waals surface area contributed by atoms with Crippen LogP contribution in [0.25, 0.3) is 6.08 Å². The Morgan fingerprint density at radius 2 is 2.00 bits per heavy atom. The number of hydrogen-bond donors (Lipinski definition) is 1. The van der Waals surface area contributed by atoms with Crippen molar-refractivity contribution in [3.63, 3.8) is 0 Å². The third-order valence-corrected chi connectivity index (χ3v) is 5.57. The van der Waals surface area contributed by atoms with Crippen LogP contribution in [0.1, 0.15) is 24.0 Å². The molecular formula is C22H23FN2O. The molecule has 3 aliphatic rings. The molecule has 2 aromatic rings. The van der Waals surface area contributed by atoms with Crippen LogP contribution in [-0.4, -0.2) is 29.4 Å². The molecule has 134 valence electrons. The molecule has 3 fully saturated rings. The maximum Gasteiger partial charge on any atom is 0.244 e. The average Bonchev–Trinajstić information content (AvgIpc) is 3.13. The number of rotatable bonds is 6. The summed E-state index contributed by atoms with van der Waals surface area (Å²) in [4.78, 5) is 14.7. The molecule has 5 rings (SSSR count). The Labute approximate surface area is 153 Å². The largest absolute Gasteiger partial charge is 0.351 e. The lowest BCUT2D eigenvalue weighted by Gasteiger charge is -2.42. The smallest absolute Gasteiger partial charge is 0.244 e. The lowest BCUT2D eigenvalue weighted by atomic mass is 9.73. The summed E-state index contributed by atoms with van der Waals surface area (Å²) in [6, 6.07) is 16.7. The van der Waals surface area contributed by atoms with Gasteiger partial charge in [-0.1, -0.05) is 42.5 Å². The molecule has 0 radical (unpaired) electrons.